The molecule has 0 spiro atoms. The number of nitrogens with zero attached hydrogens (tertiary/aromatic N) is 2. The minimum absolute atomic E-state index is 0.132. The van der Waals surface area contributed by atoms with E-state index >= 15 is 0 Å². The van der Waals surface area contributed by atoms with E-state index in [-0.39, 0.29) is 17.3 Å². The van der Waals surface area contributed by atoms with E-state index in [0.717, 1.165) is 44.0 Å². The highest BCUT2D eigenvalue weighted by atomic mass is 19.1. The summed E-state index contributed by atoms with van der Waals surface area (Å²) < 4.78 is 13.6. The highest BCUT2D eigenvalue weighted by Gasteiger charge is 2.21. The molecule has 1 fully saturated rings. The molecule has 0 aliphatic carbocycles. The van der Waals surface area contributed by atoms with Crippen molar-refractivity contribution in [3.05, 3.63) is 71.0 Å². The lowest BCUT2D eigenvalue weighted by Crippen LogP contribution is -2.43. The van der Waals surface area contributed by atoms with E-state index in [0.29, 0.717) is 13.1 Å². The highest BCUT2D eigenvalue weighted by Crippen LogP contribution is 2.22. The van der Waals surface area contributed by atoms with Crippen LogP contribution in [-0.2, 0) is 18.5 Å². The first-order valence-electron chi connectivity index (χ1n) is 11.0. The van der Waals surface area contributed by atoms with Crippen molar-refractivity contribution in [2.45, 2.75) is 51.3 Å². The summed E-state index contributed by atoms with van der Waals surface area (Å²) in [6.07, 6.45) is 1.60. The van der Waals surface area contributed by atoms with Gasteiger partial charge in [-0.1, -0.05) is 50.2 Å². The molecule has 5 nitrogen and oxygen atoms in total. The minimum Gasteiger partial charge on any atom is -0.393 e. The van der Waals surface area contributed by atoms with Crippen LogP contribution in [0.4, 0.5) is 4.39 Å². The van der Waals surface area contributed by atoms with Gasteiger partial charge in [0, 0.05) is 45.2 Å². The summed E-state index contributed by atoms with van der Waals surface area (Å²) in [5.74, 6) is 0.509. The number of hydrogen-bond acceptors (Lipinski definition) is 3. The fraction of sp³-hybridized carbons (Fsp3) is 0.480. The second-order valence-electron chi connectivity index (χ2n) is 9.00. The summed E-state index contributed by atoms with van der Waals surface area (Å²) in [7, 11) is 1.75. The van der Waals surface area contributed by atoms with Crippen LogP contribution in [0.1, 0.15) is 43.4 Å². The molecule has 31 heavy (non-hydrogen) atoms. The molecule has 168 valence electrons. The molecule has 1 heterocycles. The van der Waals surface area contributed by atoms with Crippen molar-refractivity contribution in [2.24, 2.45) is 4.99 Å². The summed E-state index contributed by atoms with van der Waals surface area (Å²) >= 11 is 0. The van der Waals surface area contributed by atoms with Gasteiger partial charge in [-0.15, -0.1) is 0 Å². The SMILES string of the molecule is CN=C(NCc1ccc(CN2CCC(O)CC2)cc1)NCC(C)(C)c1cccc(F)c1. The Kier molecular flexibility index (Phi) is 8.04. The summed E-state index contributed by atoms with van der Waals surface area (Å²) in [6.45, 7) is 8.33. The minimum atomic E-state index is -0.230. The lowest BCUT2D eigenvalue weighted by atomic mass is 9.84. The van der Waals surface area contributed by atoms with E-state index in [1.807, 2.05) is 6.07 Å². The predicted octanol–water partition coefficient (Wildman–Crippen LogP) is 3.43. The van der Waals surface area contributed by atoms with Crippen molar-refractivity contribution < 1.29 is 9.50 Å². The van der Waals surface area contributed by atoms with E-state index < -0.39 is 0 Å². The molecular weight excluding hydrogens is 391 g/mol. The van der Waals surface area contributed by atoms with Gasteiger partial charge in [0.2, 0.25) is 0 Å². The molecule has 2 aromatic rings. The van der Waals surface area contributed by atoms with Gasteiger partial charge in [-0.3, -0.25) is 9.89 Å². The number of benzene rings is 2. The van der Waals surface area contributed by atoms with Crippen molar-refractivity contribution in [3.8, 4) is 0 Å². The Morgan fingerprint density at radius 1 is 1.10 bits per heavy atom. The molecule has 3 N–H and O–H groups in total. The first kappa shape index (κ1) is 23.2. The zero-order valence-electron chi connectivity index (χ0n) is 18.9. The normalized spacial score (nSPS) is 16.4. The summed E-state index contributed by atoms with van der Waals surface area (Å²) in [5, 5.41) is 16.4. The smallest absolute Gasteiger partial charge is 0.191 e. The fourth-order valence-electron chi connectivity index (χ4n) is 3.82. The molecule has 2 aromatic carbocycles. The number of aliphatic hydroxyl groups excluding tert-OH is 1. The maximum atomic E-state index is 13.6. The Morgan fingerprint density at radius 2 is 1.77 bits per heavy atom. The summed E-state index contributed by atoms with van der Waals surface area (Å²) in [4.78, 5) is 6.71. The molecule has 0 amide bonds. The van der Waals surface area contributed by atoms with Crippen LogP contribution in [0.5, 0.6) is 0 Å². The molecular formula is C25H35FN4O. The van der Waals surface area contributed by atoms with Gasteiger partial charge in [0.25, 0.3) is 0 Å². The summed E-state index contributed by atoms with van der Waals surface area (Å²) in [6, 6.07) is 15.4. The van der Waals surface area contributed by atoms with Gasteiger partial charge < -0.3 is 15.7 Å². The largest absolute Gasteiger partial charge is 0.393 e. The number of likely N-dealkylation sites (tertiary alicyclic amines) is 1. The molecule has 0 atom stereocenters. The highest BCUT2D eigenvalue weighted by molar-refractivity contribution is 5.79. The zero-order chi connectivity index (χ0) is 22.3. The quantitative estimate of drug-likeness (QED) is 0.469. The third-order valence-corrected chi connectivity index (χ3v) is 5.97. The van der Waals surface area contributed by atoms with Crippen molar-refractivity contribution in [1.82, 2.24) is 15.5 Å². The predicted molar refractivity (Wildman–Crippen MR) is 125 cm³/mol. The Morgan fingerprint density at radius 3 is 2.42 bits per heavy atom. The molecule has 1 aliphatic heterocycles. The number of rotatable bonds is 7. The van der Waals surface area contributed by atoms with Gasteiger partial charge in [-0.05, 0) is 41.7 Å². The van der Waals surface area contributed by atoms with Crippen molar-refractivity contribution in [2.75, 3.05) is 26.7 Å². The molecule has 6 heteroatoms. The van der Waals surface area contributed by atoms with E-state index in [1.54, 1.807) is 19.2 Å². The molecule has 0 saturated carbocycles. The molecule has 1 saturated heterocycles. The average molecular weight is 427 g/mol. The Hall–Kier alpha value is -2.44. The van der Waals surface area contributed by atoms with Gasteiger partial charge in [-0.2, -0.15) is 0 Å². The molecule has 3 rings (SSSR count). The number of aliphatic imine (C=N–C) groups is 1. The number of aliphatic hydroxyl groups is 1. The third kappa shape index (κ3) is 7.04. The Bertz CT molecular complexity index is 858. The van der Waals surface area contributed by atoms with Crippen LogP contribution in [0.3, 0.4) is 0 Å². The van der Waals surface area contributed by atoms with Gasteiger partial charge in [0.1, 0.15) is 5.82 Å². The summed E-state index contributed by atoms with van der Waals surface area (Å²) in [5.41, 5.74) is 3.20. The van der Waals surface area contributed by atoms with Crippen molar-refractivity contribution in [1.29, 1.82) is 0 Å². The van der Waals surface area contributed by atoms with Crippen LogP contribution in [0.15, 0.2) is 53.5 Å². The second-order valence-corrected chi connectivity index (χ2v) is 9.00. The average Bonchev–Trinajstić information content (AvgIpc) is 2.76. The number of halogens is 1. The number of guanidine groups is 1. The second kappa shape index (κ2) is 10.7. The van der Waals surface area contributed by atoms with Gasteiger partial charge >= 0.3 is 0 Å². The number of piperidine rings is 1. The van der Waals surface area contributed by atoms with Gasteiger partial charge in [0.15, 0.2) is 5.96 Å². The molecule has 0 unspecified atom stereocenters. The van der Waals surface area contributed by atoms with E-state index in [4.69, 9.17) is 0 Å². The van der Waals surface area contributed by atoms with Crippen molar-refractivity contribution >= 4 is 5.96 Å². The Labute approximate surface area is 185 Å². The standard InChI is InChI=1S/C25H35FN4O/c1-25(2,21-5-4-6-22(26)15-21)18-29-24(27-3)28-16-19-7-9-20(10-8-19)17-30-13-11-23(31)12-14-30/h4-10,15,23,31H,11-14,16-18H2,1-3H3,(H2,27,28,29). The molecule has 0 bridgehead atoms. The number of hydrogen-bond donors (Lipinski definition) is 3. The zero-order valence-corrected chi connectivity index (χ0v) is 18.9. The lowest BCUT2D eigenvalue weighted by molar-refractivity contribution is 0.0792. The Balaban J connectivity index is 1.47. The van der Waals surface area contributed by atoms with E-state index in [9.17, 15) is 9.50 Å². The van der Waals surface area contributed by atoms with E-state index in [2.05, 4.69) is 58.6 Å². The number of nitrogens with one attached hydrogen (secondary N) is 2. The molecule has 0 radical (unpaired) electrons. The van der Waals surface area contributed by atoms with Gasteiger partial charge in [0.05, 0.1) is 6.10 Å². The van der Waals surface area contributed by atoms with Crippen LogP contribution in [0.2, 0.25) is 0 Å². The fourth-order valence-corrected chi connectivity index (χ4v) is 3.82. The lowest BCUT2D eigenvalue weighted by Gasteiger charge is -2.29. The van der Waals surface area contributed by atoms with Gasteiger partial charge in [-0.25, -0.2) is 4.39 Å². The maximum Gasteiger partial charge on any atom is 0.191 e. The monoisotopic (exact) mass is 426 g/mol. The molecule has 1 aliphatic rings. The van der Waals surface area contributed by atoms with Crippen LogP contribution in [0, 0.1) is 5.82 Å². The molecule has 0 aromatic heterocycles. The topological polar surface area (TPSA) is 59.9 Å². The third-order valence-electron chi connectivity index (χ3n) is 5.97. The van der Waals surface area contributed by atoms with E-state index in [1.165, 1.54) is 17.2 Å². The maximum absolute atomic E-state index is 13.6. The van der Waals surface area contributed by atoms with Crippen LogP contribution < -0.4 is 10.6 Å². The van der Waals surface area contributed by atoms with Crippen LogP contribution in [-0.4, -0.2) is 48.8 Å². The van der Waals surface area contributed by atoms with Crippen LogP contribution in [0.25, 0.3) is 0 Å². The van der Waals surface area contributed by atoms with Crippen molar-refractivity contribution in [3.63, 3.8) is 0 Å². The first-order valence-corrected chi connectivity index (χ1v) is 11.0. The first-order chi connectivity index (χ1) is 14.9. The van der Waals surface area contributed by atoms with Crippen LogP contribution >= 0.6 is 0 Å².